The van der Waals surface area contributed by atoms with Crippen LogP contribution in [0.1, 0.15) is 0 Å². The molecule has 4 heteroatoms. The van der Waals surface area contributed by atoms with Gasteiger partial charge in [-0.2, -0.15) is 0 Å². The van der Waals surface area contributed by atoms with Crippen molar-refractivity contribution in [3.8, 4) is 0 Å². The van der Waals surface area contributed by atoms with E-state index in [2.05, 4.69) is 0 Å². The van der Waals surface area contributed by atoms with Crippen LogP contribution in [0.5, 0.6) is 0 Å². The Labute approximate surface area is 94.4 Å². The van der Waals surface area contributed by atoms with E-state index < -0.39 is 0 Å². The molecule has 0 aromatic carbocycles. The van der Waals surface area contributed by atoms with Crippen LogP contribution in [-0.2, 0) is 52.3 Å². The molecular weight excluding hydrogens is 325 g/mol. The van der Waals surface area contributed by atoms with Crippen LogP contribution in [-0.4, -0.2) is 0 Å². The van der Waals surface area contributed by atoms with E-state index in [9.17, 15) is 0 Å². The number of hydrogen-bond donors (Lipinski definition) is 0. The molecule has 0 fully saturated rings. The van der Waals surface area contributed by atoms with Crippen molar-refractivity contribution in [3.05, 3.63) is 0 Å². The first-order valence-corrected chi connectivity index (χ1v) is 0.809. The molecule has 0 heterocycles. The minimum atomic E-state index is 0. The molecule has 0 atom stereocenters. The van der Waals surface area contributed by atoms with Crippen LogP contribution < -0.4 is 0 Å². The Morgan fingerprint density at radius 2 is 1.25 bits per heavy atom. The van der Waals surface area contributed by atoms with Crippen LogP contribution in [0.3, 0.4) is 0 Å². The van der Waals surface area contributed by atoms with Crippen molar-refractivity contribution in [2.24, 2.45) is 0 Å². The standard InChI is InChI=1S/O.Sc.Yb.Zr. The summed E-state index contributed by atoms with van der Waals surface area (Å²) in [4.78, 5) is 0. The van der Waals surface area contributed by atoms with Crippen molar-refractivity contribution in [1.29, 1.82) is 0 Å². The zero-order chi connectivity index (χ0) is 2.00. The molecule has 27 valence electrons. The van der Waals surface area contributed by atoms with Gasteiger partial charge in [0, 0.05) is 52.0 Å². The van der Waals surface area contributed by atoms with Gasteiger partial charge >= 0.3 is 45.1 Å². The Morgan fingerprint density at radius 1 is 1.25 bits per heavy atom. The smallest absolute Gasteiger partial charge is 0 e. The van der Waals surface area contributed by atoms with Crippen molar-refractivity contribution < 1.29 is 97.1 Å². The monoisotopic (exact) mass is 325 g/mol. The normalized spacial score (nSPS) is 1.50. The van der Waals surface area contributed by atoms with Crippen molar-refractivity contribution >= 4 is 0 Å². The van der Waals surface area contributed by atoms with Crippen LogP contribution in [0.25, 0.3) is 0 Å². The predicted molar refractivity (Wildman–Crippen MR) is 0.686 cm³/mol. The van der Waals surface area contributed by atoms with E-state index in [1.807, 2.05) is 0 Å². The Kier molecular flexibility index (Phi) is 65.1. The summed E-state index contributed by atoms with van der Waals surface area (Å²) in [5.74, 6) is 0. The van der Waals surface area contributed by atoms with Crippen molar-refractivity contribution in [1.82, 2.24) is 0 Å². The molecular formula is OScYbZr. The second-order valence-corrected chi connectivity index (χ2v) is 0. The molecule has 0 spiro atoms. The molecule has 0 rings (SSSR count). The van der Waals surface area contributed by atoms with E-state index in [1.165, 1.54) is 44.8 Å². The van der Waals surface area contributed by atoms with Crippen LogP contribution in [0.2, 0.25) is 0 Å². The molecule has 1 nitrogen and oxygen atoms in total. The molecule has 1 radical (unpaired) electrons. The fraction of sp³-hybridized carbons (Fsp3) is 0. The molecule has 0 aromatic rings. The van der Waals surface area contributed by atoms with Gasteiger partial charge in [0.1, 0.15) is 0 Å². The first-order valence-electron chi connectivity index (χ1n) is 0.109. The summed E-state index contributed by atoms with van der Waals surface area (Å²) in [5.41, 5.74) is 0. The topological polar surface area (TPSA) is 17.1 Å². The molecule has 4 heavy (non-hydrogen) atoms. The minimum Gasteiger partial charge on any atom is 0 e. The molecule has 0 aliphatic rings. The Morgan fingerprint density at radius 3 is 1.25 bits per heavy atom. The van der Waals surface area contributed by atoms with Gasteiger partial charge in [0.15, 0.2) is 0 Å². The zero-order valence-corrected chi connectivity index (χ0v) is 7.73. The number of rotatable bonds is 0. The summed E-state index contributed by atoms with van der Waals surface area (Å²) in [5, 5.41) is 0. The fourth-order valence-electron chi connectivity index (χ4n) is 0. The first kappa shape index (κ1) is 15.7. The molecule has 0 aromatic heterocycles. The van der Waals surface area contributed by atoms with E-state index in [-0.39, 0.29) is 52.0 Å². The summed E-state index contributed by atoms with van der Waals surface area (Å²) in [6, 6.07) is 0. The molecule has 0 aliphatic heterocycles. The third-order valence-corrected chi connectivity index (χ3v) is 0. The molecule has 0 saturated heterocycles. The fourth-order valence-corrected chi connectivity index (χ4v) is 0. The van der Waals surface area contributed by atoms with Crippen molar-refractivity contribution in [3.63, 3.8) is 0 Å². The van der Waals surface area contributed by atoms with E-state index >= 15 is 0 Å². The summed E-state index contributed by atoms with van der Waals surface area (Å²) in [7, 11) is 0. The van der Waals surface area contributed by atoms with Crippen LogP contribution in [0.4, 0.5) is 0 Å². The second kappa shape index (κ2) is 16.6. The summed E-state index contributed by atoms with van der Waals surface area (Å²) >= 11 is 1.44. The van der Waals surface area contributed by atoms with Gasteiger partial charge in [-0.25, -0.2) is 0 Å². The van der Waals surface area contributed by atoms with Gasteiger partial charge in [0.25, 0.3) is 0 Å². The van der Waals surface area contributed by atoms with Gasteiger partial charge in [0.05, 0.1) is 0 Å². The van der Waals surface area contributed by atoms with Crippen LogP contribution in [0.15, 0.2) is 0 Å². The van der Waals surface area contributed by atoms with Gasteiger partial charge in [0.2, 0.25) is 0 Å². The molecule has 0 aliphatic carbocycles. The summed E-state index contributed by atoms with van der Waals surface area (Å²) in [6.07, 6.45) is 0. The van der Waals surface area contributed by atoms with Gasteiger partial charge in [-0.15, -0.1) is 0 Å². The SMILES string of the molecule is [O]=[Yb].[Sc].[Zr]. The zero-order valence-electron chi connectivity index (χ0n) is 1.75. The first-order chi connectivity index (χ1) is 1.00. The van der Waals surface area contributed by atoms with E-state index in [0.29, 0.717) is 0 Å². The maximum atomic E-state index is 8.11. The van der Waals surface area contributed by atoms with Gasteiger partial charge < -0.3 is 0 Å². The minimum absolute atomic E-state index is 0. The summed E-state index contributed by atoms with van der Waals surface area (Å²) in [6.45, 7) is 0. The van der Waals surface area contributed by atoms with Crippen LogP contribution in [0, 0.1) is 44.8 Å². The predicted octanol–water partition coefficient (Wildman–Crippen LogP) is -0.124. The van der Waals surface area contributed by atoms with E-state index in [4.69, 9.17) is 0.288 Å². The van der Waals surface area contributed by atoms with Crippen LogP contribution >= 0.6 is 0 Å². The molecule has 0 unspecified atom stereocenters. The molecule has 0 bridgehead atoms. The van der Waals surface area contributed by atoms with Crippen molar-refractivity contribution in [2.75, 3.05) is 0 Å². The second-order valence-electron chi connectivity index (χ2n) is 0. The largest absolute Gasteiger partial charge is 0 e. The quantitative estimate of drug-likeness (QED) is 0.607. The van der Waals surface area contributed by atoms with Gasteiger partial charge in [-0.05, 0) is 0 Å². The average molecular weight is 325 g/mol. The third-order valence-electron chi connectivity index (χ3n) is 0. The summed E-state index contributed by atoms with van der Waals surface area (Å²) < 4.78 is 8.11. The maximum Gasteiger partial charge on any atom is 0 e. The maximum absolute atomic E-state index is 8.11. The molecule has 0 saturated carbocycles. The Hall–Kier alpha value is 3.07. The third kappa shape index (κ3) is 8.91. The number of hydrogen-bond acceptors (Lipinski definition) is 1. The van der Waals surface area contributed by atoms with Crippen molar-refractivity contribution in [2.45, 2.75) is 0 Å². The van der Waals surface area contributed by atoms with Gasteiger partial charge in [-0.3, -0.25) is 0 Å². The Bertz CT molecular complexity index is 8.00. The average Bonchev–Trinajstić information content (AvgIpc) is 1.00. The molecule has 0 N–H and O–H groups in total. The van der Waals surface area contributed by atoms with E-state index in [0.717, 1.165) is 0 Å². The Balaban J connectivity index is -0.00000000500. The van der Waals surface area contributed by atoms with Gasteiger partial charge in [-0.1, -0.05) is 0 Å². The molecule has 0 amide bonds. The van der Waals surface area contributed by atoms with E-state index in [1.54, 1.807) is 0 Å².